The molecular formula is C20H38N6O4. The van der Waals surface area contributed by atoms with Crippen LogP contribution in [0.25, 0.3) is 0 Å². The van der Waals surface area contributed by atoms with Gasteiger partial charge in [0.1, 0.15) is 18.4 Å². The number of hydrogen-bond acceptors (Lipinski definition) is 5. The van der Waals surface area contributed by atoms with Crippen LogP contribution in [-0.2, 0) is 19.2 Å². The van der Waals surface area contributed by atoms with Crippen LogP contribution in [-0.4, -0.2) is 54.6 Å². The molecule has 0 heterocycles. The molecule has 0 saturated carbocycles. The number of nitrogens with zero attached hydrogens (tertiary/aromatic N) is 1. The summed E-state index contributed by atoms with van der Waals surface area (Å²) in [4.78, 5) is 52.5. The summed E-state index contributed by atoms with van der Waals surface area (Å²) in [6.07, 6.45) is 1.96. The summed E-state index contributed by atoms with van der Waals surface area (Å²) < 4.78 is 8.33. The minimum Gasteiger partial charge on any atom is -0.370 e. The first kappa shape index (κ1) is 25.4. The van der Waals surface area contributed by atoms with Gasteiger partial charge < -0.3 is 32.2 Å². The van der Waals surface area contributed by atoms with E-state index in [0.29, 0.717) is 37.4 Å². The lowest BCUT2D eigenvalue weighted by Gasteiger charge is -2.25. The predicted octanol–water partition coefficient (Wildman–Crippen LogP) is -0.195. The fourth-order valence-corrected chi connectivity index (χ4v) is 2.82. The van der Waals surface area contributed by atoms with Gasteiger partial charge in [-0.1, -0.05) is 27.7 Å². The average molecular weight is 428 g/mol. The number of aliphatic imine (C=N–C) groups is 1. The SMILES string of the molecule is [2H]N(C(=O)[C@H](CC(C)C)NC(C)=O)[C@@H](CC(C)C)C(=O)N[C@H](C=O)CCCN=C(N)N. The van der Waals surface area contributed by atoms with Crippen LogP contribution in [0.15, 0.2) is 4.99 Å². The highest BCUT2D eigenvalue weighted by Gasteiger charge is 2.28. The lowest BCUT2D eigenvalue weighted by atomic mass is 9.99. The molecule has 0 unspecified atom stereocenters. The highest BCUT2D eigenvalue weighted by atomic mass is 16.2. The van der Waals surface area contributed by atoms with E-state index in [1.165, 1.54) is 6.92 Å². The van der Waals surface area contributed by atoms with E-state index in [9.17, 15) is 19.2 Å². The Morgan fingerprint density at radius 3 is 2.03 bits per heavy atom. The van der Waals surface area contributed by atoms with Crippen molar-refractivity contribution in [2.75, 3.05) is 6.54 Å². The second-order valence-corrected chi connectivity index (χ2v) is 8.20. The first-order chi connectivity index (χ1) is 14.4. The van der Waals surface area contributed by atoms with Gasteiger partial charge in [0.2, 0.25) is 17.7 Å². The maximum atomic E-state index is 12.9. The molecule has 0 aliphatic heterocycles. The molecule has 0 bridgehead atoms. The smallest absolute Gasteiger partial charge is 0.243 e. The Morgan fingerprint density at radius 1 is 1.00 bits per heavy atom. The molecule has 30 heavy (non-hydrogen) atoms. The van der Waals surface area contributed by atoms with Crippen LogP contribution in [0.2, 0.25) is 1.41 Å². The van der Waals surface area contributed by atoms with E-state index in [1.54, 1.807) is 0 Å². The van der Waals surface area contributed by atoms with Crippen molar-refractivity contribution < 1.29 is 20.6 Å². The molecule has 172 valence electrons. The third-order valence-electron chi connectivity index (χ3n) is 4.12. The zero-order chi connectivity index (χ0) is 24.1. The Kier molecular flexibility index (Phi) is 12.1. The third kappa shape index (κ3) is 12.7. The Balaban J connectivity index is 5.35. The Hall–Kier alpha value is -2.65. The van der Waals surface area contributed by atoms with Gasteiger partial charge in [0.15, 0.2) is 7.37 Å². The van der Waals surface area contributed by atoms with E-state index in [2.05, 4.69) is 15.6 Å². The third-order valence-corrected chi connectivity index (χ3v) is 4.12. The molecule has 0 aromatic carbocycles. The fourth-order valence-electron chi connectivity index (χ4n) is 2.82. The number of nitrogens with one attached hydrogen (secondary N) is 3. The van der Waals surface area contributed by atoms with E-state index in [4.69, 9.17) is 12.9 Å². The Morgan fingerprint density at radius 2 is 1.57 bits per heavy atom. The summed E-state index contributed by atoms with van der Waals surface area (Å²) in [5.74, 6) is -1.60. The number of rotatable bonds is 14. The molecule has 10 nitrogen and oxygen atoms in total. The number of carbonyl (C=O) groups excluding carboxylic acids is 4. The summed E-state index contributed by atoms with van der Waals surface area (Å²) in [7, 11) is 0. The average Bonchev–Trinajstić information content (AvgIpc) is 2.65. The molecule has 3 amide bonds. The normalized spacial score (nSPS) is 14.3. The van der Waals surface area contributed by atoms with Crippen LogP contribution in [0, 0.1) is 11.8 Å². The van der Waals surface area contributed by atoms with Crippen LogP contribution in [0.1, 0.15) is 60.3 Å². The van der Waals surface area contributed by atoms with Crippen LogP contribution >= 0.6 is 0 Å². The van der Waals surface area contributed by atoms with E-state index in [0.717, 1.165) is 0 Å². The van der Waals surface area contributed by atoms with Gasteiger partial charge in [-0.15, -0.1) is 0 Å². The number of aldehydes is 1. The topological polar surface area (TPSA) is 169 Å². The molecule has 0 saturated heterocycles. The Labute approximate surface area is 180 Å². The second-order valence-electron chi connectivity index (χ2n) is 8.20. The van der Waals surface area contributed by atoms with Crippen molar-refractivity contribution in [3.05, 3.63) is 0 Å². The lowest BCUT2D eigenvalue weighted by Crippen LogP contribution is -2.55. The van der Waals surface area contributed by atoms with E-state index >= 15 is 0 Å². The number of amides is 3. The standard InChI is InChI=1S/C20H38N6O4/c1-12(2)9-16(24-14(5)28)19(30)26-17(10-13(3)4)18(29)25-15(11-27)7-6-8-23-20(21)22/h11-13,15-17H,6-10H2,1-5H3,(H,24,28)(H,25,29)(H,26,30)(H4,21,22,23)/t15-,16-,17-/m0/s1/i/hD. The van der Waals surface area contributed by atoms with Crippen molar-refractivity contribution in [1.29, 1.82) is 0 Å². The highest BCUT2D eigenvalue weighted by Crippen LogP contribution is 2.09. The number of guanidine groups is 1. The molecule has 0 aromatic rings. The molecule has 0 spiro atoms. The van der Waals surface area contributed by atoms with Crippen LogP contribution < -0.4 is 27.4 Å². The summed E-state index contributed by atoms with van der Waals surface area (Å²) in [5, 5.41) is 5.79. The molecule has 0 rings (SSSR count). The van der Waals surface area contributed by atoms with E-state index in [1.807, 2.05) is 27.7 Å². The highest BCUT2D eigenvalue weighted by molar-refractivity contribution is 5.92. The lowest BCUT2D eigenvalue weighted by molar-refractivity contribution is -0.133. The van der Waals surface area contributed by atoms with E-state index in [-0.39, 0.29) is 30.1 Å². The summed E-state index contributed by atoms with van der Waals surface area (Å²) in [5.41, 5.74) is 10.5. The molecule has 10 heteroatoms. The van der Waals surface area contributed by atoms with E-state index < -0.39 is 29.9 Å². The number of hydrogen-bond donors (Lipinski definition) is 5. The van der Waals surface area contributed by atoms with Crippen molar-refractivity contribution in [1.82, 2.24) is 15.9 Å². The fraction of sp³-hybridized carbons (Fsp3) is 0.750. The second kappa shape index (κ2) is 14.4. The zero-order valence-electron chi connectivity index (χ0n) is 19.7. The van der Waals surface area contributed by atoms with Crippen molar-refractivity contribution >= 4 is 30.0 Å². The maximum absolute atomic E-state index is 12.9. The number of nitrogens with two attached hydrogens (primary N) is 2. The van der Waals surface area contributed by atoms with Crippen molar-refractivity contribution in [3.63, 3.8) is 0 Å². The number of carbonyl (C=O) groups is 4. The van der Waals surface area contributed by atoms with Gasteiger partial charge in [-0.3, -0.25) is 19.4 Å². The first-order valence-corrected chi connectivity index (χ1v) is 10.3. The van der Waals surface area contributed by atoms with Crippen molar-refractivity contribution in [2.24, 2.45) is 28.3 Å². The van der Waals surface area contributed by atoms with Gasteiger partial charge in [-0.2, -0.15) is 0 Å². The van der Waals surface area contributed by atoms with Gasteiger partial charge in [-0.05, 0) is 37.5 Å². The molecular weight excluding hydrogens is 388 g/mol. The molecule has 0 radical (unpaired) electrons. The van der Waals surface area contributed by atoms with Crippen molar-refractivity contribution in [2.45, 2.75) is 78.4 Å². The van der Waals surface area contributed by atoms with Crippen molar-refractivity contribution in [3.8, 4) is 0 Å². The maximum Gasteiger partial charge on any atom is 0.243 e. The minimum absolute atomic E-state index is 0.0114. The quantitative estimate of drug-likeness (QED) is 0.111. The molecule has 0 aromatic heterocycles. The van der Waals surface area contributed by atoms with Gasteiger partial charge in [-0.25, -0.2) is 0 Å². The van der Waals surface area contributed by atoms with Gasteiger partial charge in [0.05, 0.1) is 6.04 Å². The van der Waals surface area contributed by atoms with Gasteiger partial charge in [0.25, 0.3) is 0 Å². The van der Waals surface area contributed by atoms with Gasteiger partial charge in [0, 0.05) is 13.5 Å². The van der Waals surface area contributed by atoms with Gasteiger partial charge >= 0.3 is 0 Å². The van der Waals surface area contributed by atoms with Crippen LogP contribution in [0.5, 0.6) is 0 Å². The summed E-state index contributed by atoms with van der Waals surface area (Å²) in [6, 6.07) is -2.79. The van der Waals surface area contributed by atoms with Crippen LogP contribution in [0.4, 0.5) is 0 Å². The zero-order valence-corrected chi connectivity index (χ0v) is 18.7. The largest absolute Gasteiger partial charge is 0.370 e. The molecule has 3 atom stereocenters. The minimum atomic E-state index is -1.10. The first-order valence-electron chi connectivity index (χ1n) is 10.7. The summed E-state index contributed by atoms with van der Waals surface area (Å²) in [6.45, 7) is 9.13. The summed E-state index contributed by atoms with van der Waals surface area (Å²) >= 11 is 0. The molecule has 0 fully saturated rings. The Bertz CT molecular complexity index is 637. The molecule has 7 N–H and O–H groups in total. The molecule has 0 aliphatic carbocycles. The monoisotopic (exact) mass is 427 g/mol. The molecule has 0 aliphatic rings. The van der Waals surface area contributed by atoms with Crippen LogP contribution in [0.3, 0.4) is 0 Å². The predicted molar refractivity (Wildman–Crippen MR) is 116 cm³/mol.